The molecule has 0 heterocycles. The highest BCUT2D eigenvalue weighted by Gasteiger charge is 2.33. The highest BCUT2D eigenvalue weighted by molar-refractivity contribution is 6.30. The maximum atomic E-state index is 12.0. The van der Waals surface area contributed by atoms with Crippen molar-refractivity contribution in [2.75, 3.05) is 20.3 Å². The molecule has 0 aromatic heterocycles. The van der Waals surface area contributed by atoms with Crippen LogP contribution >= 0.6 is 11.6 Å². The van der Waals surface area contributed by atoms with Gasteiger partial charge in [0.25, 0.3) is 0 Å². The summed E-state index contributed by atoms with van der Waals surface area (Å²) in [7, 11) is 1.62. The predicted octanol–water partition coefficient (Wildman–Crippen LogP) is 2.53. The number of hydrogen-bond acceptors (Lipinski definition) is 3. The van der Waals surface area contributed by atoms with Crippen molar-refractivity contribution in [2.24, 2.45) is 5.92 Å². The SMILES string of the molecule is COCCNC(=O)C(C)NC(c1ccc(Cl)cc1)C1CC1. The van der Waals surface area contributed by atoms with Gasteiger partial charge in [-0.3, -0.25) is 10.1 Å². The third-order valence-electron chi connectivity index (χ3n) is 3.75. The van der Waals surface area contributed by atoms with Crippen molar-refractivity contribution in [3.63, 3.8) is 0 Å². The zero-order valence-corrected chi connectivity index (χ0v) is 13.3. The fourth-order valence-electron chi connectivity index (χ4n) is 2.38. The average Bonchev–Trinajstić information content (AvgIpc) is 3.30. The molecule has 2 atom stereocenters. The molecule has 116 valence electrons. The Labute approximate surface area is 131 Å². The molecule has 0 spiro atoms. The zero-order chi connectivity index (χ0) is 15.2. The van der Waals surface area contributed by atoms with Gasteiger partial charge in [-0.1, -0.05) is 23.7 Å². The first-order chi connectivity index (χ1) is 10.1. The first kappa shape index (κ1) is 16.3. The number of halogens is 1. The van der Waals surface area contributed by atoms with E-state index in [4.69, 9.17) is 16.3 Å². The molecule has 1 aromatic rings. The first-order valence-electron chi connectivity index (χ1n) is 7.40. The number of amides is 1. The van der Waals surface area contributed by atoms with Crippen LogP contribution in [0.4, 0.5) is 0 Å². The van der Waals surface area contributed by atoms with Crippen LogP contribution in [0.2, 0.25) is 5.02 Å². The number of methoxy groups -OCH3 is 1. The van der Waals surface area contributed by atoms with Crippen LogP contribution in [0.25, 0.3) is 0 Å². The van der Waals surface area contributed by atoms with E-state index in [1.165, 1.54) is 18.4 Å². The van der Waals surface area contributed by atoms with Crippen molar-refractivity contribution in [3.05, 3.63) is 34.9 Å². The second-order valence-corrected chi connectivity index (χ2v) is 5.98. The van der Waals surface area contributed by atoms with Crippen molar-refractivity contribution >= 4 is 17.5 Å². The maximum absolute atomic E-state index is 12.0. The Morgan fingerprint density at radius 1 is 1.38 bits per heavy atom. The monoisotopic (exact) mass is 310 g/mol. The molecular formula is C16H23ClN2O2. The number of benzene rings is 1. The van der Waals surface area contributed by atoms with Crippen molar-refractivity contribution < 1.29 is 9.53 Å². The number of carbonyl (C=O) groups is 1. The summed E-state index contributed by atoms with van der Waals surface area (Å²) < 4.78 is 4.93. The van der Waals surface area contributed by atoms with E-state index >= 15 is 0 Å². The van der Waals surface area contributed by atoms with E-state index in [-0.39, 0.29) is 18.0 Å². The van der Waals surface area contributed by atoms with Gasteiger partial charge in [-0.2, -0.15) is 0 Å². The summed E-state index contributed by atoms with van der Waals surface area (Å²) in [6, 6.07) is 7.85. The van der Waals surface area contributed by atoms with Gasteiger partial charge in [0.2, 0.25) is 5.91 Å². The minimum Gasteiger partial charge on any atom is -0.383 e. The van der Waals surface area contributed by atoms with Gasteiger partial charge in [0, 0.05) is 24.7 Å². The van der Waals surface area contributed by atoms with Crippen LogP contribution in [0.3, 0.4) is 0 Å². The van der Waals surface area contributed by atoms with Crippen LogP contribution in [0.5, 0.6) is 0 Å². The number of nitrogens with one attached hydrogen (secondary N) is 2. The fourth-order valence-corrected chi connectivity index (χ4v) is 2.50. The molecule has 1 aliphatic carbocycles. The Kier molecular flexibility index (Phi) is 6.03. The number of hydrogen-bond donors (Lipinski definition) is 2. The van der Waals surface area contributed by atoms with E-state index in [1.54, 1.807) is 7.11 Å². The van der Waals surface area contributed by atoms with Crippen LogP contribution in [0, 0.1) is 5.92 Å². The Morgan fingerprint density at radius 2 is 2.05 bits per heavy atom. The smallest absolute Gasteiger partial charge is 0.236 e. The normalized spacial score (nSPS) is 17.3. The Bertz CT molecular complexity index is 460. The Balaban J connectivity index is 1.93. The molecule has 2 unspecified atom stereocenters. The number of carbonyl (C=O) groups excluding carboxylic acids is 1. The Morgan fingerprint density at radius 3 is 2.62 bits per heavy atom. The van der Waals surface area contributed by atoms with Crippen LogP contribution in [0.1, 0.15) is 31.4 Å². The molecule has 0 aliphatic heterocycles. The second kappa shape index (κ2) is 7.78. The standard InChI is InChI=1S/C16H23ClN2O2/c1-11(16(20)18-9-10-21-2)19-15(12-3-4-12)13-5-7-14(17)8-6-13/h5-8,11-12,15,19H,3-4,9-10H2,1-2H3,(H,18,20). The maximum Gasteiger partial charge on any atom is 0.236 e. The second-order valence-electron chi connectivity index (χ2n) is 5.54. The minimum absolute atomic E-state index is 0.00617. The summed E-state index contributed by atoms with van der Waals surface area (Å²) in [4.78, 5) is 12.0. The molecule has 4 nitrogen and oxygen atoms in total. The van der Waals surface area contributed by atoms with Crippen molar-refractivity contribution in [3.8, 4) is 0 Å². The lowest BCUT2D eigenvalue weighted by Gasteiger charge is -2.23. The molecule has 1 saturated carbocycles. The zero-order valence-electron chi connectivity index (χ0n) is 12.6. The van der Waals surface area contributed by atoms with E-state index in [1.807, 2.05) is 31.2 Å². The van der Waals surface area contributed by atoms with E-state index in [2.05, 4.69) is 10.6 Å². The number of rotatable bonds is 8. The quantitative estimate of drug-likeness (QED) is 0.726. The molecule has 1 aliphatic rings. The largest absolute Gasteiger partial charge is 0.383 e. The van der Waals surface area contributed by atoms with Gasteiger partial charge in [0.1, 0.15) is 0 Å². The highest BCUT2D eigenvalue weighted by atomic mass is 35.5. The summed E-state index contributed by atoms with van der Waals surface area (Å²) in [6.45, 7) is 2.96. The molecule has 1 amide bonds. The summed E-state index contributed by atoms with van der Waals surface area (Å²) >= 11 is 5.94. The fraction of sp³-hybridized carbons (Fsp3) is 0.562. The van der Waals surface area contributed by atoms with Crippen LogP contribution in [0.15, 0.2) is 24.3 Å². The van der Waals surface area contributed by atoms with Gasteiger partial charge in [0.05, 0.1) is 12.6 Å². The predicted molar refractivity (Wildman–Crippen MR) is 84.4 cm³/mol. The van der Waals surface area contributed by atoms with E-state index in [0.717, 1.165) is 5.02 Å². The van der Waals surface area contributed by atoms with Crippen molar-refractivity contribution in [1.82, 2.24) is 10.6 Å². The summed E-state index contributed by atoms with van der Waals surface area (Å²) in [6.07, 6.45) is 2.41. The van der Waals surface area contributed by atoms with Crippen molar-refractivity contribution in [1.29, 1.82) is 0 Å². The molecule has 0 radical (unpaired) electrons. The summed E-state index contributed by atoms with van der Waals surface area (Å²) in [5.74, 6) is 0.618. The molecule has 5 heteroatoms. The van der Waals surface area contributed by atoms with E-state index in [9.17, 15) is 4.79 Å². The first-order valence-corrected chi connectivity index (χ1v) is 7.77. The topological polar surface area (TPSA) is 50.4 Å². The molecule has 21 heavy (non-hydrogen) atoms. The van der Waals surface area contributed by atoms with Crippen LogP contribution < -0.4 is 10.6 Å². The molecule has 2 N–H and O–H groups in total. The molecule has 2 rings (SSSR count). The van der Waals surface area contributed by atoms with Gasteiger partial charge in [-0.15, -0.1) is 0 Å². The highest BCUT2D eigenvalue weighted by Crippen LogP contribution is 2.41. The van der Waals surface area contributed by atoms with E-state index in [0.29, 0.717) is 19.1 Å². The van der Waals surface area contributed by atoms with E-state index < -0.39 is 0 Å². The third-order valence-corrected chi connectivity index (χ3v) is 4.00. The van der Waals surface area contributed by atoms with Crippen LogP contribution in [-0.2, 0) is 9.53 Å². The Hall–Kier alpha value is -1.10. The lowest BCUT2D eigenvalue weighted by atomic mass is 10.0. The molecule has 0 bridgehead atoms. The minimum atomic E-state index is -0.233. The molecule has 1 fully saturated rings. The molecule has 0 saturated heterocycles. The molecule has 1 aromatic carbocycles. The van der Waals surface area contributed by atoms with Crippen LogP contribution in [-0.4, -0.2) is 32.2 Å². The lowest BCUT2D eigenvalue weighted by Crippen LogP contribution is -2.45. The summed E-state index contributed by atoms with van der Waals surface area (Å²) in [5.41, 5.74) is 1.19. The van der Waals surface area contributed by atoms with Gasteiger partial charge in [0.15, 0.2) is 0 Å². The van der Waals surface area contributed by atoms with Crippen molar-refractivity contribution in [2.45, 2.75) is 31.8 Å². The van der Waals surface area contributed by atoms with Gasteiger partial charge < -0.3 is 10.1 Å². The number of ether oxygens (including phenoxy) is 1. The van der Waals surface area contributed by atoms with Gasteiger partial charge >= 0.3 is 0 Å². The van der Waals surface area contributed by atoms with Gasteiger partial charge in [-0.05, 0) is 43.4 Å². The van der Waals surface area contributed by atoms with Gasteiger partial charge in [-0.25, -0.2) is 0 Å². The lowest BCUT2D eigenvalue weighted by molar-refractivity contribution is -0.123. The summed E-state index contributed by atoms with van der Waals surface area (Å²) in [5, 5.41) is 7.04. The third kappa shape index (κ3) is 4.99. The average molecular weight is 311 g/mol. The molecular weight excluding hydrogens is 288 g/mol.